The largest absolute Gasteiger partial charge is 0.341 e. The molecule has 9 aliphatic carbocycles. The summed E-state index contributed by atoms with van der Waals surface area (Å²) in [4.78, 5) is 90.6. The smallest absolute Gasteiger partial charge is 0.260 e. The van der Waals surface area contributed by atoms with E-state index >= 15 is 0 Å². The number of amides is 6. The van der Waals surface area contributed by atoms with Gasteiger partial charge < -0.3 is 14.7 Å². The SMILES string of the molecule is O=C(Nc1nc2cccc(C3CCC4(CC3)CN(C(=O)[C@@H]3CC3(F)F)C4)n2n1)C1CC1.O=C(Nc1nc2cccc(C3CCC4(CC3)CN(C(=O)[C@@H]3CC3(F)F)C4)n2n1)[C@H]1CC1(F)F.O=C(Nc1nc2cccc(C3CCC4(CC3)CN(C(=O)[C@H]3CC3(F)F)C4)n2n1)C1CC1. The van der Waals surface area contributed by atoms with Gasteiger partial charge in [-0.1, -0.05) is 18.2 Å². The lowest BCUT2D eigenvalue weighted by atomic mass is 9.65. The third-order valence-electron chi connectivity index (χ3n) is 22.8. The van der Waals surface area contributed by atoms with Gasteiger partial charge in [-0.3, -0.25) is 44.7 Å². The van der Waals surface area contributed by atoms with E-state index in [-0.39, 0.29) is 82.8 Å². The molecule has 18 rings (SSSR count). The van der Waals surface area contributed by atoms with Gasteiger partial charge in [0.25, 0.3) is 23.7 Å². The molecule has 12 fully saturated rings. The van der Waals surface area contributed by atoms with Crippen LogP contribution in [0.2, 0.25) is 0 Å². The summed E-state index contributed by atoms with van der Waals surface area (Å²) in [6, 6.07) is 17.4. The van der Waals surface area contributed by atoms with Gasteiger partial charge in [-0.2, -0.15) is 15.0 Å². The van der Waals surface area contributed by atoms with E-state index in [1.54, 1.807) is 25.3 Å². The lowest BCUT2D eigenvalue weighted by molar-refractivity contribution is -0.150. The Hall–Kier alpha value is -7.88. The van der Waals surface area contributed by atoms with Gasteiger partial charge >= 0.3 is 0 Å². The molecule has 9 saturated carbocycles. The van der Waals surface area contributed by atoms with Crippen LogP contribution in [0.3, 0.4) is 0 Å². The van der Waals surface area contributed by atoms with Gasteiger partial charge in [-0.25, -0.2) is 48.7 Å². The van der Waals surface area contributed by atoms with Crippen LogP contribution in [-0.2, 0) is 28.8 Å². The molecule has 3 saturated heterocycles. The topological polar surface area (TPSA) is 239 Å². The molecule has 504 valence electrons. The summed E-state index contributed by atoms with van der Waals surface area (Å²) in [5.74, 6) is -16.2. The van der Waals surface area contributed by atoms with Crippen molar-refractivity contribution < 1.29 is 63.9 Å². The van der Waals surface area contributed by atoms with Crippen LogP contribution in [0.1, 0.15) is 163 Å². The van der Waals surface area contributed by atoms with Crippen LogP contribution in [0.5, 0.6) is 0 Å². The quantitative estimate of drug-likeness (QED) is 0.0971. The molecule has 0 radical (unpaired) electrons. The molecule has 6 aromatic heterocycles. The maximum atomic E-state index is 13.2. The fourth-order valence-corrected chi connectivity index (χ4v) is 16.1. The number of nitrogens with zero attached hydrogens (tertiary/aromatic N) is 12. The fraction of sp³-hybridized carbons (Fsp3) is 0.636. The van der Waals surface area contributed by atoms with Gasteiger partial charge in [0.2, 0.25) is 53.3 Å². The molecule has 3 spiro atoms. The van der Waals surface area contributed by atoms with Gasteiger partial charge in [-0.05, 0) is 139 Å². The highest BCUT2D eigenvalue weighted by molar-refractivity contribution is 5.94. The Kier molecular flexibility index (Phi) is 14.4. The fourth-order valence-electron chi connectivity index (χ4n) is 16.1. The molecule has 0 unspecified atom stereocenters. The average molecular weight is 1320 g/mol. The molecule has 3 aliphatic heterocycles. The maximum absolute atomic E-state index is 13.2. The van der Waals surface area contributed by atoms with E-state index in [4.69, 9.17) is 0 Å². The number of anilines is 3. The average Bonchev–Trinajstić information content (AvgIpc) is 1.72. The number of fused-ring (bicyclic) bond motifs is 3. The second kappa shape index (κ2) is 22.1. The van der Waals surface area contributed by atoms with E-state index in [1.807, 2.05) is 45.4 Å². The molecule has 12 aliphatic rings. The van der Waals surface area contributed by atoms with E-state index in [0.29, 0.717) is 68.6 Å². The molecule has 0 aromatic carbocycles. The van der Waals surface area contributed by atoms with Crippen molar-refractivity contribution in [2.75, 3.05) is 55.2 Å². The Morgan fingerprint density at radius 3 is 0.853 bits per heavy atom. The summed E-state index contributed by atoms with van der Waals surface area (Å²) in [6.45, 7) is 3.51. The van der Waals surface area contributed by atoms with Crippen molar-refractivity contribution >= 4 is 70.2 Å². The summed E-state index contributed by atoms with van der Waals surface area (Å²) < 4.78 is 111. The van der Waals surface area contributed by atoms with Crippen LogP contribution in [0, 0.1) is 51.8 Å². The molecule has 29 heteroatoms. The van der Waals surface area contributed by atoms with Crippen LogP contribution in [0.15, 0.2) is 54.6 Å². The van der Waals surface area contributed by atoms with Gasteiger partial charge in [0.15, 0.2) is 16.9 Å². The first-order valence-corrected chi connectivity index (χ1v) is 33.6. The number of carbonyl (C=O) groups is 6. The molecule has 9 heterocycles. The van der Waals surface area contributed by atoms with Gasteiger partial charge in [-0.15, -0.1) is 15.3 Å². The zero-order valence-corrected chi connectivity index (χ0v) is 52.1. The maximum Gasteiger partial charge on any atom is 0.260 e. The van der Waals surface area contributed by atoms with E-state index in [1.165, 1.54) is 0 Å². The predicted molar refractivity (Wildman–Crippen MR) is 323 cm³/mol. The minimum Gasteiger partial charge on any atom is -0.341 e. The predicted octanol–water partition coefficient (Wildman–Crippen LogP) is 9.90. The number of alkyl halides is 8. The molecular weight excluding hydrogens is 1250 g/mol. The van der Waals surface area contributed by atoms with Gasteiger partial charge in [0.1, 0.15) is 23.7 Å². The first-order chi connectivity index (χ1) is 45.2. The van der Waals surface area contributed by atoms with E-state index < -0.39 is 65.6 Å². The molecule has 95 heavy (non-hydrogen) atoms. The van der Waals surface area contributed by atoms with Crippen LogP contribution in [-0.4, -0.2) is 157 Å². The minimum absolute atomic E-state index is 0.00122. The third kappa shape index (κ3) is 11.9. The van der Waals surface area contributed by atoms with Crippen LogP contribution in [0.25, 0.3) is 16.9 Å². The molecule has 3 N–H and O–H groups in total. The summed E-state index contributed by atoms with van der Waals surface area (Å²) in [7, 11) is 0. The van der Waals surface area contributed by atoms with E-state index in [0.717, 1.165) is 131 Å². The molecule has 21 nitrogen and oxygen atoms in total. The van der Waals surface area contributed by atoms with Crippen LogP contribution < -0.4 is 16.0 Å². The first kappa shape index (κ1) is 62.0. The zero-order chi connectivity index (χ0) is 65.9. The number of pyridine rings is 3. The van der Waals surface area contributed by atoms with Crippen molar-refractivity contribution in [1.82, 2.24) is 58.5 Å². The highest BCUT2D eigenvalue weighted by atomic mass is 19.3. The van der Waals surface area contributed by atoms with Crippen molar-refractivity contribution in [3.63, 3.8) is 0 Å². The van der Waals surface area contributed by atoms with Crippen molar-refractivity contribution in [3.05, 3.63) is 71.7 Å². The summed E-state index contributed by atoms with van der Waals surface area (Å²) in [5, 5.41) is 21.4. The second-order valence-corrected chi connectivity index (χ2v) is 30.0. The Morgan fingerprint density at radius 1 is 0.358 bits per heavy atom. The lowest BCUT2D eigenvalue weighted by Gasteiger charge is -2.53. The van der Waals surface area contributed by atoms with Gasteiger partial charge in [0.05, 0.1) is 0 Å². The van der Waals surface area contributed by atoms with Crippen LogP contribution >= 0.6 is 0 Å². The number of rotatable bonds is 12. The number of aromatic nitrogens is 9. The zero-order valence-electron chi connectivity index (χ0n) is 52.1. The van der Waals surface area contributed by atoms with Gasteiger partial charge in [0, 0.05) is 128 Å². The molecular formula is C66H73F8N15O6. The van der Waals surface area contributed by atoms with Crippen molar-refractivity contribution in [2.45, 2.75) is 170 Å². The lowest BCUT2D eigenvalue weighted by Crippen LogP contribution is -2.60. The highest BCUT2D eigenvalue weighted by Crippen LogP contribution is 2.57. The number of hydrogen-bond acceptors (Lipinski definition) is 12. The van der Waals surface area contributed by atoms with E-state index in [2.05, 4.69) is 58.3 Å². The Bertz CT molecular complexity index is 3930. The van der Waals surface area contributed by atoms with E-state index in [9.17, 15) is 63.9 Å². The highest BCUT2D eigenvalue weighted by Gasteiger charge is 2.67. The molecule has 6 aromatic rings. The summed E-state index contributed by atoms with van der Waals surface area (Å²) in [6.07, 6.45) is 13.6. The second-order valence-electron chi connectivity index (χ2n) is 30.0. The molecule has 6 amide bonds. The number of hydrogen-bond donors (Lipinski definition) is 3. The van der Waals surface area contributed by atoms with Crippen molar-refractivity contribution in [1.29, 1.82) is 0 Å². The first-order valence-electron chi connectivity index (χ1n) is 33.6. The van der Waals surface area contributed by atoms with Crippen molar-refractivity contribution in [3.8, 4) is 0 Å². The monoisotopic (exact) mass is 1320 g/mol. The van der Waals surface area contributed by atoms with Crippen molar-refractivity contribution in [2.24, 2.45) is 51.8 Å². The normalized spacial score (nSPS) is 28.6. The summed E-state index contributed by atoms with van der Waals surface area (Å²) >= 11 is 0. The summed E-state index contributed by atoms with van der Waals surface area (Å²) in [5.41, 5.74) is 5.21. The van der Waals surface area contributed by atoms with Crippen LogP contribution in [0.4, 0.5) is 53.0 Å². The Morgan fingerprint density at radius 2 is 0.611 bits per heavy atom. The number of carbonyl (C=O) groups excluding carboxylic acids is 6. The Labute approximate surface area is 539 Å². The molecule has 4 atom stereocenters. The number of nitrogens with one attached hydrogen (secondary N) is 3. The third-order valence-corrected chi connectivity index (χ3v) is 22.8. The Balaban J connectivity index is 0.000000112. The number of halogens is 8. The molecule has 0 bridgehead atoms. The standard InChI is InChI=1S/C22H23F4N5O2.2C22H25F2N5O2/c23-21(24)8-13(21)17(32)28-19-27-16-3-1-2-15(31(16)29-19)12-4-6-20(7-5-12)10-30(11-20)18(33)14-9-22(14,25)26;2*23-22(24)10-15(22)19(31)28-11-21(12-28)8-6-13(7-9-21)16-2-1-3-17-25-20(27-29(16)17)26-18(30)14-4-5-14/h1-3,12-14H,4-11H2,(H,28,29,32);2*1-3,13-15H,4-12H2,(H,26,27,30)/t13-,14+;2*15-/m110/s1. The number of likely N-dealkylation sites (tertiary alicyclic amines) is 3. The minimum atomic E-state index is -2.95.